The van der Waals surface area contributed by atoms with Crippen molar-refractivity contribution in [3.05, 3.63) is 71.8 Å². The summed E-state index contributed by atoms with van der Waals surface area (Å²) < 4.78 is 4.78. The lowest BCUT2D eigenvalue weighted by Crippen LogP contribution is -2.24. The minimum atomic E-state index is -0.209. The summed E-state index contributed by atoms with van der Waals surface area (Å²) in [5, 5.41) is 3.42. The highest BCUT2D eigenvalue weighted by Crippen LogP contribution is 2.17. The smallest absolute Gasteiger partial charge is 0.307 e. The normalized spacial score (nSPS) is 11.8. The molecule has 0 spiro atoms. The van der Waals surface area contributed by atoms with Gasteiger partial charge in [0.2, 0.25) is 0 Å². The maximum absolute atomic E-state index is 11.5. The molecule has 104 valence electrons. The van der Waals surface area contributed by atoms with Gasteiger partial charge < -0.3 is 10.1 Å². The highest BCUT2D eigenvalue weighted by atomic mass is 16.5. The standard InChI is InChI=1S/C17H19NO2/c1-20-17(19)12-16(15-10-6-3-7-11-15)18-13-14-8-4-2-5-9-14/h2-11,16,18H,12-13H2,1H3/t16-/m0/s1. The van der Waals surface area contributed by atoms with Gasteiger partial charge in [-0.2, -0.15) is 0 Å². The van der Waals surface area contributed by atoms with Crippen LogP contribution in [0.1, 0.15) is 23.6 Å². The quantitative estimate of drug-likeness (QED) is 0.819. The molecule has 1 atom stereocenters. The van der Waals surface area contributed by atoms with Crippen LogP contribution in [0.15, 0.2) is 60.7 Å². The number of methoxy groups -OCH3 is 1. The molecule has 0 aliphatic carbocycles. The van der Waals surface area contributed by atoms with Gasteiger partial charge in [-0.05, 0) is 11.1 Å². The summed E-state index contributed by atoms with van der Waals surface area (Å²) in [7, 11) is 1.42. The van der Waals surface area contributed by atoms with Gasteiger partial charge in [0.15, 0.2) is 0 Å². The molecule has 2 aromatic carbocycles. The number of esters is 1. The molecule has 3 heteroatoms. The zero-order valence-electron chi connectivity index (χ0n) is 11.6. The molecular formula is C17H19NO2. The molecule has 0 amide bonds. The molecule has 20 heavy (non-hydrogen) atoms. The second-order valence-electron chi connectivity index (χ2n) is 4.61. The fraction of sp³-hybridized carbons (Fsp3) is 0.235. The van der Waals surface area contributed by atoms with Crippen molar-refractivity contribution in [1.82, 2.24) is 5.32 Å². The zero-order chi connectivity index (χ0) is 14.2. The van der Waals surface area contributed by atoms with Crippen LogP contribution in [-0.4, -0.2) is 13.1 Å². The molecule has 0 fully saturated rings. The first-order chi connectivity index (χ1) is 9.79. The van der Waals surface area contributed by atoms with Crippen LogP contribution in [0.2, 0.25) is 0 Å². The van der Waals surface area contributed by atoms with Gasteiger partial charge in [0, 0.05) is 12.6 Å². The molecule has 1 N–H and O–H groups in total. The third kappa shape index (κ3) is 4.21. The minimum Gasteiger partial charge on any atom is -0.469 e. The molecule has 0 aliphatic heterocycles. The summed E-state index contributed by atoms with van der Waals surface area (Å²) in [5.74, 6) is -0.209. The number of benzene rings is 2. The first-order valence-electron chi connectivity index (χ1n) is 6.68. The van der Waals surface area contributed by atoms with Crippen molar-refractivity contribution in [2.45, 2.75) is 19.0 Å². The van der Waals surface area contributed by atoms with Gasteiger partial charge in [0.1, 0.15) is 0 Å². The van der Waals surface area contributed by atoms with E-state index in [0.29, 0.717) is 6.42 Å². The first kappa shape index (κ1) is 14.3. The predicted octanol–water partition coefficient (Wildman–Crippen LogP) is 3.08. The number of hydrogen-bond acceptors (Lipinski definition) is 3. The number of rotatable bonds is 6. The SMILES string of the molecule is COC(=O)C[C@H](NCc1ccccc1)c1ccccc1. The Labute approximate surface area is 119 Å². The second kappa shape index (κ2) is 7.46. The molecule has 0 heterocycles. The molecule has 0 radical (unpaired) electrons. The molecule has 2 rings (SSSR count). The lowest BCUT2D eigenvalue weighted by molar-refractivity contribution is -0.141. The van der Waals surface area contributed by atoms with Crippen LogP contribution < -0.4 is 5.32 Å². The van der Waals surface area contributed by atoms with E-state index in [1.807, 2.05) is 48.5 Å². The lowest BCUT2D eigenvalue weighted by Gasteiger charge is -2.18. The van der Waals surface area contributed by atoms with Gasteiger partial charge in [0.25, 0.3) is 0 Å². The summed E-state index contributed by atoms with van der Waals surface area (Å²) >= 11 is 0. The number of hydrogen-bond donors (Lipinski definition) is 1. The lowest BCUT2D eigenvalue weighted by atomic mass is 10.0. The van der Waals surface area contributed by atoms with Crippen molar-refractivity contribution >= 4 is 5.97 Å². The Morgan fingerprint density at radius 2 is 1.65 bits per heavy atom. The summed E-state index contributed by atoms with van der Waals surface area (Å²) in [5.41, 5.74) is 2.28. The van der Waals surface area contributed by atoms with Crippen LogP contribution in [-0.2, 0) is 16.1 Å². The van der Waals surface area contributed by atoms with Crippen molar-refractivity contribution in [1.29, 1.82) is 0 Å². The zero-order valence-corrected chi connectivity index (χ0v) is 11.6. The van der Waals surface area contributed by atoms with Crippen molar-refractivity contribution in [3.8, 4) is 0 Å². The van der Waals surface area contributed by atoms with E-state index in [4.69, 9.17) is 4.74 Å². The van der Waals surface area contributed by atoms with E-state index in [1.165, 1.54) is 12.7 Å². The van der Waals surface area contributed by atoms with Crippen LogP contribution in [0.4, 0.5) is 0 Å². The first-order valence-corrected chi connectivity index (χ1v) is 6.68. The van der Waals surface area contributed by atoms with E-state index in [1.54, 1.807) is 0 Å². The van der Waals surface area contributed by atoms with E-state index < -0.39 is 0 Å². The van der Waals surface area contributed by atoms with Crippen molar-refractivity contribution < 1.29 is 9.53 Å². The second-order valence-corrected chi connectivity index (χ2v) is 4.61. The molecule has 0 aromatic heterocycles. The third-order valence-corrected chi connectivity index (χ3v) is 3.20. The van der Waals surface area contributed by atoms with Gasteiger partial charge in [-0.3, -0.25) is 4.79 Å². The fourth-order valence-corrected chi connectivity index (χ4v) is 2.08. The average Bonchev–Trinajstić information content (AvgIpc) is 2.53. The molecule has 2 aromatic rings. The van der Waals surface area contributed by atoms with Gasteiger partial charge in [0.05, 0.1) is 13.5 Å². The van der Waals surface area contributed by atoms with E-state index in [-0.39, 0.29) is 12.0 Å². The van der Waals surface area contributed by atoms with Gasteiger partial charge in [-0.1, -0.05) is 60.7 Å². The van der Waals surface area contributed by atoms with E-state index in [2.05, 4.69) is 17.4 Å². The number of carbonyl (C=O) groups excluding carboxylic acids is 1. The predicted molar refractivity (Wildman–Crippen MR) is 79.1 cm³/mol. The van der Waals surface area contributed by atoms with Crippen LogP contribution >= 0.6 is 0 Å². The Bertz CT molecular complexity index is 525. The molecule has 0 aliphatic rings. The molecule has 0 saturated heterocycles. The van der Waals surface area contributed by atoms with E-state index >= 15 is 0 Å². The summed E-state index contributed by atoms with van der Waals surface area (Å²) in [4.78, 5) is 11.5. The largest absolute Gasteiger partial charge is 0.469 e. The minimum absolute atomic E-state index is 0.0381. The molecule has 0 saturated carbocycles. The summed E-state index contributed by atoms with van der Waals surface area (Å²) in [6.07, 6.45) is 0.327. The Morgan fingerprint density at radius 3 is 2.25 bits per heavy atom. The van der Waals surface area contributed by atoms with Gasteiger partial charge >= 0.3 is 5.97 Å². The number of ether oxygens (including phenoxy) is 1. The van der Waals surface area contributed by atoms with E-state index in [0.717, 1.165) is 12.1 Å². The maximum Gasteiger partial charge on any atom is 0.307 e. The van der Waals surface area contributed by atoms with Crippen LogP contribution in [0.5, 0.6) is 0 Å². The van der Waals surface area contributed by atoms with E-state index in [9.17, 15) is 4.79 Å². The molecule has 0 bridgehead atoms. The van der Waals surface area contributed by atoms with Crippen molar-refractivity contribution in [2.75, 3.05) is 7.11 Å². The molecule has 3 nitrogen and oxygen atoms in total. The monoisotopic (exact) mass is 269 g/mol. The fourth-order valence-electron chi connectivity index (χ4n) is 2.08. The van der Waals surface area contributed by atoms with Crippen molar-refractivity contribution in [3.63, 3.8) is 0 Å². The van der Waals surface area contributed by atoms with Crippen molar-refractivity contribution in [2.24, 2.45) is 0 Å². The Balaban J connectivity index is 2.05. The van der Waals surface area contributed by atoms with Crippen LogP contribution in [0.3, 0.4) is 0 Å². The molecule has 0 unspecified atom stereocenters. The van der Waals surface area contributed by atoms with Gasteiger partial charge in [-0.15, -0.1) is 0 Å². The topological polar surface area (TPSA) is 38.3 Å². The Morgan fingerprint density at radius 1 is 1.05 bits per heavy atom. The summed E-state index contributed by atoms with van der Waals surface area (Å²) in [6.45, 7) is 0.720. The average molecular weight is 269 g/mol. The van der Waals surface area contributed by atoms with Crippen LogP contribution in [0, 0.1) is 0 Å². The highest BCUT2D eigenvalue weighted by Gasteiger charge is 2.15. The van der Waals surface area contributed by atoms with Gasteiger partial charge in [-0.25, -0.2) is 0 Å². The number of carbonyl (C=O) groups is 1. The number of nitrogens with one attached hydrogen (secondary N) is 1. The Hall–Kier alpha value is -2.13. The highest BCUT2D eigenvalue weighted by molar-refractivity contribution is 5.70. The Kier molecular flexibility index (Phi) is 5.33. The maximum atomic E-state index is 11.5. The molecular weight excluding hydrogens is 250 g/mol. The third-order valence-electron chi connectivity index (χ3n) is 3.20. The summed E-state index contributed by atoms with van der Waals surface area (Å²) in [6, 6.07) is 20.1. The van der Waals surface area contributed by atoms with Crippen LogP contribution in [0.25, 0.3) is 0 Å².